The van der Waals surface area contributed by atoms with Crippen LogP contribution in [0, 0.1) is 0 Å². The molecule has 0 rings (SSSR count). The lowest BCUT2D eigenvalue weighted by atomic mass is 10.0. The Morgan fingerprint density at radius 3 is 1.62 bits per heavy atom. The van der Waals surface area contributed by atoms with E-state index >= 15 is 0 Å². The fraction of sp³-hybridized carbons (Fsp3) is 0.913. The molecule has 0 aliphatic carbocycles. The molecular weight excluding hydrogens is 324 g/mol. The third kappa shape index (κ3) is 17.9. The Balaban J connectivity index is 3.44. The number of Topliss-reactive ketones (excluding diaryl/α,β-unsaturated/α-hetero) is 1. The summed E-state index contributed by atoms with van der Waals surface area (Å²) in [6, 6.07) is 0. The van der Waals surface area contributed by atoms with Crippen molar-refractivity contribution < 1.29 is 14.3 Å². The second kappa shape index (κ2) is 18.9. The zero-order chi connectivity index (χ0) is 19.5. The van der Waals surface area contributed by atoms with Gasteiger partial charge in [-0.15, -0.1) is 0 Å². The van der Waals surface area contributed by atoms with E-state index in [-0.39, 0.29) is 17.9 Å². The monoisotopic (exact) mass is 368 g/mol. The Labute approximate surface area is 162 Å². The smallest absolute Gasteiger partial charge is 0.306 e. The molecule has 1 atom stereocenters. The van der Waals surface area contributed by atoms with Gasteiger partial charge in [0.2, 0.25) is 0 Å². The highest BCUT2D eigenvalue weighted by Crippen LogP contribution is 2.13. The van der Waals surface area contributed by atoms with Gasteiger partial charge in [0, 0.05) is 19.3 Å². The molecule has 1 unspecified atom stereocenters. The molecule has 0 aliphatic heterocycles. The van der Waals surface area contributed by atoms with Crippen LogP contribution in [-0.4, -0.2) is 17.9 Å². The Morgan fingerprint density at radius 1 is 0.654 bits per heavy atom. The summed E-state index contributed by atoms with van der Waals surface area (Å²) in [5.74, 6) is 0.0724. The number of unbranched alkanes of at least 4 members (excludes halogenated alkanes) is 12. The van der Waals surface area contributed by atoms with Gasteiger partial charge in [-0.05, 0) is 19.8 Å². The van der Waals surface area contributed by atoms with Gasteiger partial charge < -0.3 is 4.74 Å². The van der Waals surface area contributed by atoms with Gasteiger partial charge in [0.25, 0.3) is 0 Å². The van der Waals surface area contributed by atoms with Crippen LogP contribution >= 0.6 is 0 Å². The number of carbonyl (C=O) groups is 2. The number of ketones is 1. The highest BCUT2D eigenvalue weighted by Gasteiger charge is 2.13. The van der Waals surface area contributed by atoms with Crippen LogP contribution in [0.15, 0.2) is 0 Å². The minimum Gasteiger partial charge on any atom is -0.462 e. The van der Waals surface area contributed by atoms with Gasteiger partial charge in [0.15, 0.2) is 0 Å². The summed E-state index contributed by atoms with van der Waals surface area (Å²) in [7, 11) is 0. The molecule has 3 heteroatoms. The first-order valence-electron chi connectivity index (χ1n) is 11.3. The lowest BCUT2D eigenvalue weighted by Crippen LogP contribution is -2.18. The van der Waals surface area contributed by atoms with E-state index in [1.165, 1.54) is 57.8 Å². The summed E-state index contributed by atoms with van der Waals surface area (Å²) in [5.41, 5.74) is 0. The Kier molecular flexibility index (Phi) is 18.3. The van der Waals surface area contributed by atoms with Crippen LogP contribution in [0.25, 0.3) is 0 Å². The van der Waals surface area contributed by atoms with E-state index in [0.717, 1.165) is 32.1 Å². The third-order valence-electron chi connectivity index (χ3n) is 4.89. The first-order chi connectivity index (χ1) is 12.6. The lowest BCUT2D eigenvalue weighted by molar-refractivity contribution is -0.149. The van der Waals surface area contributed by atoms with Crippen LogP contribution in [0.2, 0.25) is 0 Å². The first-order valence-corrected chi connectivity index (χ1v) is 11.3. The summed E-state index contributed by atoms with van der Waals surface area (Å²) in [6.07, 6.45) is 18.5. The molecule has 0 N–H and O–H groups in total. The molecule has 26 heavy (non-hydrogen) atoms. The SMILES string of the molecule is CCCCCCCCCCCCCC(=O)CC(C)OC(=O)CCCCC. The van der Waals surface area contributed by atoms with Crippen molar-refractivity contribution in [2.45, 2.75) is 136 Å². The van der Waals surface area contributed by atoms with Crippen molar-refractivity contribution >= 4 is 11.8 Å². The number of esters is 1. The van der Waals surface area contributed by atoms with Crippen molar-refractivity contribution in [2.24, 2.45) is 0 Å². The predicted molar refractivity (Wildman–Crippen MR) is 110 cm³/mol. The topological polar surface area (TPSA) is 43.4 Å². The van der Waals surface area contributed by atoms with E-state index in [9.17, 15) is 9.59 Å². The van der Waals surface area contributed by atoms with Crippen LogP contribution in [0.4, 0.5) is 0 Å². The van der Waals surface area contributed by atoms with E-state index < -0.39 is 0 Å². The number of carbonyl (C=O) groups excluding carboxylic acids is 2. The van der Waals surface area contributed by atoms with Crippen molar-refractivity contribution in [3.63, 3.8) is 0 Å². The zero-order valence-electron chi connectivity index (χ0n) is 17.8. The maximum Gasteiger partial charge on any atom is 0.306 e. The molecule has 0 aromatic carbocycles. The van der Waals surface area contributed by atoms with E-state index in [0.29, 0.717) is 19.3 Å². The van der Waals surface area contributed by atoms with Gasteiger partial charge in [0.1, 0.15) is 11.9 Å². The molecule has 0 spiro atoms. The molecule has 0 saturated carbocycles. The van der Waals surface area contributed by atoms with Crippen LogP contribution in [0.5, 0.6) is 0 Å². The molecule has 0 fully saturated rings. The van der Waals surface area contributed by atoms with Crippen molar-refractivity contribution in [2.75, 3.05) is 0 Å². The zero-order valence-corrected chi connectivity index (χ0v) is 17.8. The summed E-state index contributed by atoms with van der Waals surface area (Å²) in [6.45, 7) is 6.20. The maximum absolute atomic E-state index is 12.0. The molecule has 3 nitrogen and oxygen atoms in total. The van der Waals surface area contributed by atoms with E-state index in [4.69, 9.17) is 4.74 Å². The standard InChI is InChI=1S/C23H44O3/c1-4-6-8-9-10-11-12-13-14-15-17-18-22(24)20-21(3)26-23(25)19-16-7-5-2/h21H,4-20H2,1-3H3. The maximum atomic E-state index is 12.0. The first kappa shape index (κ1) is 25.1. The van der Waals surface area contributed by atoms with E-state index in [2.05, 4.69) is 13.8 Å². The van der Waals surface area contributed by atoms with Crippen molar-refractivity contribution in [3.8, 4) is 0 Å². The minimum atomic E-state index is -0.274. The van der Waals surface area contributed by atoms with Gasteiger partial charge in [-0.25, -0.2) is 0 Å². The number of hydrogen-bond acceptors (Lipinski definition) is 3. The van der Waals surface area contributed by atoms with Crippen molar-refractivity contribution in [3.05, 3.63) is 0 Å². The quantitative estimate of drug-likeness (QED) is 0.179. The van der Waals surface area contributed by atoms with Gasteiger partial charge >= 0.3 is 5.97 Å². The largest absolute Gasteiger partial charge is 0.462 e. The summed E-state index contributed by atoms with van der Waals surface area (Å²) < 4.78 is 5.31. The highest BCUT2D eigenvalue weighted by atomic mass is 16.5. The number of ether oxygens (including phenoxy) is 1. The molecule has 0 bridgehead atoms. The Bertz CT molecular complexity index is 338. The summed E-state index contributed by atoms with van der Waals surface area (Å²) in [5, 5.41) is 0. The summed E-state index contributed by atoms with van der Waals surface area (Å²) >= 11 is 0. The average Bonchev–Trinajstić information content (AvgIpc) is 2.59. The van der Waals surface area contributed by atoms with Crippen LogP contribution < -0.4 is 0 Å². The van der Waals surface area contributed by atoms with Crippen molar-refractivity contribution in [1.82, 2.24) is 0 Å². The van der Waals surface area contributed by atoms with E-state index in [1.807, 2.05) is 6.92 Å². The molecule has 0 saturated heterocycles. The third-order valence-corrected chi connectivity index (χ3v) is 4.89. The average molecular weight is 369 g/mol. The molecular formula is C23H44O3. The Hall–Kier alpha value is -0.860. The molecule has 0 aromatic rings. The summed E-state index contributed by atoms with van der Waals surface area (Å²) in [4.78, 5) is 23.6. The van der Waals surface area contributed by atoms with Crippen LogP contribution in [-0.2, 0) is 14.3 Å². The second-order valence-electron chi connectivity index (χ2n) is 7.79. The fourth-order valence-electron chi connectivity index (χ4n) is 3.25. The minimum absolute atomic E-state index is 0.159. The lowest BCUT2D eigenvalue weighted by Gasteiger charge is -2.12. The molecule has 0 radical (unpaired) electrons. The van der Waals surface area contributed by atoms with Crippen molar-refractivity contribution in [1.29, 1.82) is 0 Å². The molecule has 0 heterocycles. The highest BCUT2D eigenvalue weighted by molar-refractivity contribution is 5.79. The second-order valence-corrected chi connectivity index (χ2v) is 7.79. The number of hydrogen-bond donors (Lipinski definition) is 0. The fourth-order valence-corrected chi connectivity index (χ4v) is 3.25. The Morgan fingerprint density at radius 2 is 1.08 bits per heavy atom. The normalized spacial score (nSPS) is 12.1. The van der Waals surface area contributed by atoms with E-state index in [1.54, 1.807) is 0 Å². The van der Waals surface area contributed by atoms with Gasteiger partial charge in [-0.3, -0.25) is 9.59 Å². The molecule has 0 aromatic heterocycles. The molecule has 154 valence electrons. The molecule has 0 amide bonds. The van der Waals surface area contributed by atoms with Gasteiger partial charge in [0.05, 0.1) is 0 Å². The van der Waals surface area contributed by atoms with Gasteiger partial charge in [-0.2, -0.15) is 0 Å². The predicted octanol–water partition coefficient (Wildman–Crippen LogP) is 7.16. The van der Waals surface area contributed by atoms with Crippen LogP contribution in [0.3, 0.4) is 0 Å². The van der Waals surface area contributed by atoms with Gasteiger partial charge in [-0.1, -0.05) is 90.9 Å². The molecule has 0 aliphatic rings. The van der Waals surface area contributed by atoms with Crippen LogP contribution in [0.1, 0.15) is 130 Å². The number of rotatable bonds is 19.